The molecule has 0 aromatic carbocycles. The fraction of sp³-hybridized carbons (Fsp3) is 0.842. The number of carbonyl (C=O) groups is 1. The SMILES string of the molecule is CSCC(O)OCCOCCOC(O)C1C=CC(CN2C(=O)CCC2O)CC1. The highest BCUT2D eigenvalue weighted by Crippen LogP contribution is 2.28. The van der Waals surface area contributed by atoms with E-state index >= 15 is 0 Å². The summed E-state index contributed by atoms with van der Waals surface area (Å²) in [6.07, 6.45) is 6.05. The fourth-order valence-electron chi connectivity index (χ4n) is 3.37. The quantitative estimate of drug-likeness (QED) is 0.226. The molecule has 1 aliphatic carbocycles. The van der Waals surface area contributed by atoms with Crippen LogP contribution in [0.1, 0.15) is 25.7 Å². The summed E-state index contributed by atoms with van der Waals surface area (Å²) in [6.45, 7) is 1.81. The number of nitrogens with zero attached hydrogens (tertiary/aromatic N) is 1. The van der Waals surface area contributed by atoms with Crippen LogP contribution in [0, 0.1) is 11.8 Å². The van der Waals surface area contributed by atoms with Gasteiger partial charge in [0.15, 0.2) is 12.6 Å². The van der Waals surface area contributed by atoms with Crippen molar-refractivity contribution in [1.29, 1.82) is 0 Å². The van der Waals surface area contributed by atoms with Crippen molar-refractivity contribution in [3.63, 3.8) is 0 Å². The molecule has 28 heavy (non-hydrogen) atoms. The molecule has 0 spiro atoms. The van der Waals surface area contributed by atoms with E-state index in [1.54, 1.807) is 4.90 Å². The Kier molecular flexibility index (Phi) is 10.8. The second-order valence-corrected chi connectivity index (χ2v) is 8.02. The first-order chi connectivity index (χ1) is 13.5. The molecule has 0 bridgehead atoms. The Morgan fingerprint density at radius 3 is 2.50 bits per heavy atom. The molecule has 162 valence electrons. The minimum Gasteiger partial charge on any atom is -0.377 e. The van der Waals surface area contributed by atoms with E-state index in [1.165, 1.54) is 11.8 Å². The van der Waals surface area contributed by atoms with E-state index in [1.807, 2.05) is 18.4 Å². The predicted molar refractivity (Wildman–Crippen MR) is 105 cm³/mol. The molecule has 1 fully saturated rings. The Labute approximate surface area is 170 Å². The summed E-state index contributed by atoms with van der Waals surface area (Å²) in [6, 6.07) is 0. The van der Waals surface area contributed by atoms with Gasteiger partial charge in [0.1, 0.15) is 6.23 Å². The highest BCUT2D eigenvalue weighted by Gasteiger charge is 2.32. The van der Waals surface area contributed by atoms with Crippen molar-refractivity contribution in [2.75, 3.05) is 45.0 Å². The maximum Gasteiger partial charge on any atom is 0.224 e. The van der Waals surface area contributed by atoms with Crippen molar-refractivity contribution in [2.24, 2.45) is 11.8 Å². The number of carbonyl (C=O) groups excluding carboxylic acids is 1. The largest absolute Gasteiger partial charge is 0.377 e. The standard InChI is InChI=1S/C19H33NO7S/c1-28-13-18(23)26-10-8-25-9-11-27-19(24)15-4-2-14(3-5-15)12-20-16(21)6-7-17(20)22/h2,4,14-16,18-19,21,23-24H,3,5-13H2,1H3. The van der Waals surface area contributed by atoms with Gasteiger partial charge in [0.25, 0.3) is 0 Å². The molecule has 2 rings (SSSR count). The van der Waals surface area contributed by atoms with Crippen LogP contribution in [0.2, 0.25) is 0 Å². The lowest BCUT2D eigenvalue weighted by Crippen LogP contribution is -2.37. The Bertz CT molecular complexity index is 493. The molecule has 1 heterocycles. The zero-order valence-corrected chi connectivity index (χ0v) is 17.3. The van der Waals surface area contributed by atoms with Crippen LogP contribution in [0.5, 0.6) is 0 Å². The molecule has 2 aliphatic rings. The van der Waals surface area contributed by atoms with E-state index in [9.17, 15) is 20.1 Å². The van der Waals surface area contributed by atoms with Gasteiger partial charge >= 0.3 is 0 Å². The molecule has 1 aliphatic heterocycles. The summed E-state index contributed by atoms with van der Waals surface area (Å²) in [5.74, 6) is 0.654. The molecule has 0 radical (unpaired) electrons. The molecule has 5 unspecified atom stereocenters. The summed E-state index contributed by atoms with van der Waals surface area (Å²) < 4.78 is 15.9. The van der Waals surface area contributed by atoms with Crippen molar-refractivity contribution in [3.8, 4) is 0 Å². The predicted octanol–water partition coefficient (Wildman–Crippen LogP) is 0.559. The lowest BCUT2D eigenvalue weighted by atomic mass is 9.88. The molecular weight excluding hydrogens is 386 g/mol. The summed E-state index contributed by atoms with van der Waals surface area (Å²) in [5, 5.41) is 29.4. The van der Waals surface area contributed by atoms with Crippen molar-refractivity contribution in [3.05, 3.63) is 12.2 Å². The maximum absolute atomic E-state index is 11.8. The van der Waals surface area contributed by atoms with Gasteiger partial charge in [0.2, 0.25) is 5.91 Å². The van der Waals surface area contributed by atoms with Gasteiger partial charge in [-0.2, -0.15) is 11.8 Å². The monoisotopic (exact) mass is 419 g/mol. The maximum atomic E-state index is 11.8. The average Bonchev–Trinajstić information content (AvgIpc) is 3.00. The van der Waals surface area contributed by atoms with E-state index in [0.717, 1.165) is 12.8 Å². The molecule has 1 amide bonds. The van der Waals surface area contributed by atoms with E-state index in [2.05, 4.69) is 0 Å². The second kappa shape index (κ2) is 12.8. The minimum atomic E-state index is -0.889. The first-order valence-corrected chi connectivity index (χ1v) is 11.2. The van der Waals surface area contributed by atoms with Gasteiger partial charge in [0.05, 0.1) is 26.4 Å². The van der Waals surface area contributed by atoms with Crippen LogP contribution < -0.4 is 0 Å². The normalized spacial score (nSPS) is 27.4. The summed E-state index contributed by atoms with van der Waals surface area (Å²) in [7, 11) is 0. The molecular formula is C19H33NO7S. The van der Waals surface area contributed by atoms with Gasteiger partial charge in [-0.05, 0) is 25.0 Å². The first-order valence-electron chi connectivity index (χ1n) is 9.83. The van der Waals surface area contributed by atoms with E-state index in [4.69, 9.17) is 14.2 Å². The molecule has 5 atom stereocenters. The van der Waals surface area contributed by atoms with E-state index in [-0.39, 0.29) is 24.3 Å². The highest BCUT2D eigenvalue weighted by atomic mass is 32.2. The van der Waals surface area contributed by atoms with Crippen LogP contribution in [-0.4, -0.2) is 89.9 Å². The van der Waals surface area contributed by atoms with Gasteiger partial charge in [-0.3, -0.25) is 4.79 Å². The molecule has 8 nitrogen and oxygen atoms in total. The van der Waals surface area contributed by atoms with Crippen LogP contribution in [-0.2, 0) is 19.0 Å². The van der Waals surface area contributed by atoms with Crippen LogP contribution in [0.15, 0.2) is 12.2 Å². The lowest BCUT2D eigenvalue weighted by molar-refractivity contribution is -0.142. The molecule has 0 aromatic rings. The van der Waals surface area contributed by atoms with Gasteiger partial charge in [0, 0.05) is 31.1 Å². The number of amides is 1. The lowest BCUT2D eigenvalue weighted by Gasteiger charge is -2.30. The van der Waals surface area contributed by atoms with E-state index < -0.39 is 18.8 Å². The Morgan fingerprint density at radius 2 is 1.89 bits per heavy atom. The number of thioether (sulfide) groups is 1. The Morgan fingerprint density at radius 1 is 1.14 bits per heavy atom. The number of likely N-dealkylation sites (tertiary alicyclic amines) is 1. The second-order valence-electron chi connectivity index (χ2n) is 7.11. The van der Waals surface area contributed by atoms with Gasteiger partial charge < -0.3 is 34.4 Å². The molecule has 9 heteroatoms. The average molecular weight is 420 g/mol. The molecule has 1 saturated heterocycles. The zero-order chi connectivity index (χ0) is 20.4. The molecule has 0 saturated carbocycles. The van der Waals surface area contributed by atoms with Crippen LogP contribution in [0.3, 0.4) is 0 Å². The summed E-state index contributed by atoms with van der Waals surface area (Å²) >= 11 is 1.51. The van der Waals surface area contributed by atoms with Crippen LogP contribution >= 0.6 is 11.8 Å². The number of hydrogen-bond acceptors (Lipinski definition) is 8. The smallest absolute Gasteiger partial charge is 0.224 e. The zero-order valence-electron chi connectivity index (χ0n) is 16.4. The first kappa shape index (κ1) is 23.6. The minimum absolute atomic E-state index is 0.00977. The van der Waals surface area contributed by atoms with E-state index in [0.29, 0.717) is 45.0 Å². The summed E-state index contributed by atoms with van der Waals surface area (Å²) in [5.41, 5.74) is 0. The van der Waals surface area contributed by atoms with Crippen LogP contribution in [0.25, 0.3) is 0 Å². The number of hydrogen-bond donors (Lipinski definition) is 3. The topological polar surface area (TPSA) is 109 Å². The van der Waals surface area contributed by atoms with Crippen molar-refractivity contribution < 1.29 is 34.3 Å². The number of rotatable bonds is 13. The third kappa shape index (κ3) is 7.98. The van der Waals surface area contributed by atoms with Gasteiger partial charge in [-0.15, -0.1) is 0 Å². The van der Waals surface area contributed by atoms with Crippen molar-refractivity contribution in [1.82, 2.24) is 4.90 Å². The van der Waals surface area contributed by atoms with Gasteiger partial charge in [-0.25, -0.2) is 0 Å². The highest BCUT2D eigenvalue weighted by molar-refractivity contribution is 7.98. The Balaban J connectivity index is 1.55. The number of aliphatic hydroxyl groups is 3. The number of aliphatic hydroxyl groups excluding tert-OH is 3. The van der Waals surface area contributed by atoms with Crippen molar-refractivity contribution >= 4 is 17.7 Å². The molecule has 3 N–H and O–H groups in total. The third-order valence-electron chi connectivity index (χ3n) is 4.96. The van der Waals surface area contributed by atoms with Crippen LogP contribution in [0.4, 0.5) is 0 Å². The van der Waals surface area contributed by atoms with Gasteiger partial charge in [-0.1, -0.05) is 12.2 Å². The van der Waals surface area contributed by atoms with Crippen molar-refractivity contribution in [2.45, 2.75) is 44.5 Å². The summed E-state index contributed by atoms with van der Waals surface area (Å²) in [4.78, 5) is 13.3. The fourth-order valence-corrected chi connectivity index (χ4v) is 3.75. The number of ether oxygens (including phenoxy) is 3. The Hall–Kier alpha value is -0.680. The molecule has 0 aromatic heterocycles. The third-order valence-corrected chi connectivity index (χ3v) is 5.58.